The van der Waals surface area contributed by atoms with Crippen molar-refractivity contribution in [2.45, 2.75) is 45.6 Å². The molecule has 2 aliphatic rings. The molecule has 0 amide bonds. The number of nitrogens with one attached hydrogen (secondary N) is 1. The van der Waals surface area contributed by atoms with Gasteiger partial charge in [0, 0.05) is 45.3 Å². The number of nitrogens with zero attached hydrogens (tertiary/aromatic N) is 2. The zero-order valence-electron chi connectivity index (χ0n) is 13.2. The molecule has 112 valence electrons. The van der Waals surface area contributed by atoms with Gasteiger partial charge in [-0.25, -0.2) is 0 Å². The average molecular weight is 267 g/mol. The van der Waals surface area contributed by atoms with E-state index in [1.807, 2.05) is 0 Å². The third kappa shape index (κ3) is 4.73. The van der Waals surface area contributed by atoms with Gasteiger partial charge < -0.3 is 10.2 Å². The average Bonchev–Trinajstić information content (AvgIpc) is 2.41. The summed E-state index contributed by atoms with van der Waals surface area (Å²) in [6.45, 7) is 12.2. The molecule has 1 heterocycles. The molecule has 1 saturated heterocycles. The van der Waals surface area contributed by atoms with Crippen LogP contribution in [-0.2, 0) is 0 Å². The van der Waals surface area contributed by atoms with E-state index in [4.69, 9.17) is 0 Å². The van der Waals surface area contributed by atoms with Gasteiger partial charge in [-0.15, -0.1) is 0 Å². The summed E-state index contributed by atoms with van der Waals surface area (Å²) in [7, 11) is 2.23. The summed E-state index contributed by atoms with van der Waals surface area (Å²) in [5.74, 6) is 1.74. The minimum absolute atomic E-state index is 0.779. The molecule has 19 heavy (non-hydrogen) atoms. The van der Waals surface area contributed by atoms with E-state index in [-0.39, 0.29) is 0 Å². The SMILES string of the molecule is CC(C)C1CCCCC1NCCN1CCN(C)CC1. The van der Waals surface area contributed by atoms with E-state index in [0.717, 1.165) is 17.9 Å². The van der Waals surface area contributed by atoms with Crippen LogP contribution >= 0.6 is 0 Å². The van der Waals surface area contributed by atoms with Gasteiger partial charge in [-0.2, -0.15) is 0 Å². The van der Waals surface area contributed by atoms with Gasteiger partial charge in [0.2, 0.25) is 0 Å². The van der Waals surface area contributed by atoms with Crippen LogP contribution in [0.4, 0.5) is 0 Å². The molecule has 0 spiro atoms. The molecule has 0 bridgehead atoms. The standard InChI is InChI=1S/C16H33N3/c1-14(2)15-6-4-5-7-16(15)17-8-9-19-12-10-18(3)11-13-19/h14-17H,4-13H2,1-3H3. The quantitative estimate of drug-likeness (QED) is 0.822. The maximum Gasteiger partial charge on any atom is 0.0110 e. The predicted molar refractivity (Wildman–Crippen MR) is 82.5 cm³/mol. The van der Waals surface area contributed by atoms with Crippen LogP contribution in [0.1, 0.15) is 39.5 Å². The first-order chi connectivity index (χ1) is 9.16. The molecule has 0 aromatic heterocycles. The molecular weight excluding hydrogens is 234 g/mol. The lowest BCUT2D eigenvalue weighted by Gasteiger charge is -2.36. The molecule has 0 aromatic carbocycles. The third-order valence-electron chi connectivity index (χ3n) is 5.11. The maximum atomic E-state index is 3.86. The van der Waals surface area contributed by atoms with Crippen molar-refractivity contribution < 1.29 is 0 Å². The summed E-state index contributed by atoms with van der Waals surface area (Å²) in [6.07, 6.45) is 5.70. The Morgan fingerprint density at radius 3 is 2.42 bits per heavy atom. The Morgan fingerprint density at radius 2 is 1.74 bits per heavy atom. The van der Waals surface area contributed by atoms with E-state index in [2.05, 4.69) is 36.0 Å². The zero-order chi connectivity index (χ0) is 13.7. The van der Waals surface area contributed by atoms with Crippen molar-refractivity contribution in [2.75, 3.05) is 46.3 Å². The molecule has 2 rings (SSSR count). The number of hydrogen-bond donors (Lipinski definition) is 1. The van der Waals surface area contributed by atoms with Gasteiger partial charge in [0.15, 0.2) is 0 Å². The molecule has 2 fully saturated rings. The van der Waals surface area contributed by atoms with Crippen LogP contribution in [0.25, 0.3) is 0 Å². The Hall–Kier alpha value is -0.120. The van der Waals surface area contributed by atoms with Crippen molar-refractivity contribution in [3.8, 4) is 0 Å². The molecule has 1 aliphatic heterocycles. The van der Waals surface area contributed by atoms with Crippen molar-refractivity contribution in [3.05, 3.63) is 0 Å². The highest BCUT2D eigenvalue weighted by Gasteiger charge is 2.27. The van der Waals surface area contributed by atoms with Crippen LogP contribution in [0.15, 0.2) is 0 Å². The summed E-state index contributed by atoms with van der Waals surface area (Å²) in [6, 6.07) is 0.779. The van der Waals surface area contributed by atoms with Crippen LogP contribution in [0.5, 0.6) is 0 Å². The lowest BCUT2D eigenvalue weighted by molar-refractivity contribution is 0.146. The summed E-state index contributed by atoms with van der Waals surface area (Å²) in [5.41, 5.74) is 0. The minimum Gasteiger partial charge on any atom is -0.312 e. The number of rotatable bonds is 5. The highest BCUT2D eigenvalue weighted by molar-refractivity contribution is 4.83. The van der Waals surface area contributed by atoms with E-state index in [1.54, 1.807) is 0 Å². The largest absolute Gasteiger partial charge is 0.312 e. The Bertz CT molecular complexity index is 246. The first-order valence-corrected chi connectivity index (χ1v) is 8.31. The molecule has 1 aliphatic carbocycles. The first kappa shape index (κ1) is 15.3. The Kier molecular flexibility index (Phi) is 6.11. The molecule has 3 nitrogen and oxygen atoms in total. The monoisotopic (exact) mass is 267 g/mol. The molecule has 3 heteroatoms. The van der Waals surface area contributed by atoms with Gasteiger partial charge in [-0.3, -0.25) is 4.90 Å². The van der Waals surface area contributed by atoms with Gasteiger partial charge in [-0.1, -0.05) is 26.7 Å². The first-order valence-electron chi connectivity index (χ1n) is 8.31. The van der Waals surface area contributed by atoms with Crippen molar-refractivity contribution >= 4 is 0 Å². The number of hydrogen-bond acceptors (Lipinski definition) is 3. The van der Waals surface area contributed by atoms with E-state index < -0.39 is 0 Å². The second-order valence-corrected chi connectivity index (χ2v) is 6.90. The summed E-state index contributed by atoms with van der Waals surface area (Å²) < 4.78 is 0. The fourth-order valence-corrected chi connectivity index (χ4v) is 3.69. The highest BCUT2D eigenvalue weighted by Crippen LogP contribution is 2.29. The molecule has 2 atom stereocenters. The minimum atomic E-state index is 0.779. The van der Waals surface area contributed by atoms with Crippen molar-refractivity contribution in [1.29, 1.82) is 0 Å². The smallest absolute Gasteiger partial charge is 0.0110 e. The Balaban J connectivity index is 1.66. The van der Waals surface area contributed by atoms with Gasteiger partial charge in [0.1, 0.15) is 0 Å². The van der Waals surface area contributed by atoms with Gasteiger partial charge in [-0.05, 0) is 31.7 Å². The van der Waals surface area contributed by atoms with Crippen LogP contribution in [0, 0.1) is 11.8 Å². The van der Waals surface area contributed by atoms with Crippen molar-refractivity contribution in [2.24, 2.45) is 11.8 Å². The van der Waals surface area contributed by atoms with Crippen LogP contribution < -0.4 is 5.32 Å². The van der Waals surface area contributed by atoms with Gasteiger partial charge >= 0.3 is 0 Å². The zero-order valence-corrected chi connectivity index (χ0v) is 13.2. The van der Waals surface area contributed by atoms with E-state index in [1.165, 1.54) is 65.0 Å². The normalized spacial score (nSPS) is 30.9. The topological polar surface area (TPSA) is 18.5 Å². The number of piperazine rings is 1. The molecule has 0 aromatic rings. The maximum absolute atomic E-state index is 3.86. The lowest BCUT2D eigenvalue weighted by atomic mass is 9.78. The Labute approximate surface area is 119 Å². The fraction of sp³-hybridized carbons (Fsp3) is 1.00. The lowest BCUT2D eigenvalue weighted by Crippen LogP contribution is -2.48. The summed E-state index contributed by atoms with van der Waals surface area (Å²) in [4.78, 5) is 5.04. The van der Waals surface area contributed by atoms with Crippen molar-refractivity contribution in [1.82, 2.24) is 15.1 Å². The van der Waals surface area contributed by atoms with E-state index in [9.17, 15) is 0 Å². The van der Waals surface area contributed by atoms with Crippen LogP contribution in [0.2, 0.25) is 0 Å². The Morgan fingerprint density at radius 1 is 1.05 bits per heavy atom. The summed E-state index contributed by atoms with van der Waals surface area (Å²) >= 11 is 0. The predicted octanol–water partition coefficient (Wildman–Crippen LogP) is 2.04. The van der Waals surface area contributed by atoms with E-state index in [0.29, 0.717) is 0 Å². The molecular formula is C16H33N3. The fourth-order valence-electron chi connectivity index (χ4n) is 3.69. The molecule has 2 unspecified atom stereocenters. The second-order valence-electron chi connectivity index (χ2n) is 6.90. The van der Waals surface area contributed by atoms with Crippen LogP contribution in [-0.4, -0.2) is 62.2 Å². The van der Waals surface area contributed by atoms with Gasteiger partial charge in [0.05, 0.1) is 0 Å². The highest BCUT2D eigenvalue weighted by atomic mass is 15.2. The second kappa shape index (κ2) is 7.61. The van der Waals surface area contributed by atoms with Crippen molar-refractivity contribution in [3.63, 3.8) is 0 Å². The third-order valence-corrected chi connectivity index (χ3v) is 5.11. The number of likely N-dealkylation sites (N-methyl/N-ethyl adjacent to an activating group) is 1. The van der Waals surface area contributed by atoms with Gasteiger partial charge in [0.25, 0.3) is 0 Å². The van der Waals surface area contributed by atoms with Crippen LogP contribution in [0.3, 0.4) is 0 Å². The van der Waals surface area contributed by atoms with E-state index >= 15 is 0 Å². The molecule has 0 radical (unpaired) electrons. The summed E-state index contributed by atoms with van der Waals surface area (Å²) in [5, 5.41) is 3.86. The molecule has 1 N–H and O–H groups in total. The molecule has 1 saturated carbocycles.